The zero-order chi connectivity index (χ0) is 18.6. The molecule has 5 rings (SSSR count). The van der Waals surface area contributed by atoms with Crippen molar-refractivity contribution < 1.29 is 9.13 Å². The van der Waals surface area contributed by atoms with E-state index in [1.807, 2.05) is 18.2 Å². The molecule has 0 amide bonds. The summed E-state index contributed by atoms with van der Waals surface area (Å²) in [6.07, 6.45) is 2.55. The predicted octanol–water partition coefficient (Wildman–Crippen LogP) is 4.44. The summed E-state index contributed by atoms with van der Waals surface area (Å²) in [6.45, 7) is 1.93. The van der Waals surface area contributed by atoms with E-state index in [4.69, 9.17) is 21.4 Å². The molecule has 0 unspecified atom stereocenters. The molecule has 0 N–H and O–H groups in total. The van der Waals surface area contributed by atoms with Gasteiger partial charge in [-0.1, -0.05) is 23.7 Å². The molecule has 0 aromatic heterocycles. The van der Waals surface area contributed by atoms with Gasteiger partial charge in [0.2, 0.25) is 5.72 Å². The van der Waals surface area contributed by atoms with E-state index in [0.717, 1.165) is 54.9 Å². The summed E-state index contributed by atoms with van der Waals surface area (Å²) in [6, 6.07) is 12.5. The van der Waals surface area contributed by atoms with Crippen molar-refractivity contribution in [3.8, 4) is 5.75 Å². The third-order valence-electron chi connectivity index (χ3n) is 5.90. The molecule has 4 nitrogen and oxygen atoms in total. The standard InChI is InChI=1S/C21H21ClFN3O/c1-25-10-8-21(9-11-25)26-19(17-12-15(22)4-7-20(17)27-21)13-18(24-26)14-2-5-16(23)6-3-14/h2-7,12,19H,8-11,13H2,1H3/t19-/m0/s1. The van der Waals surface area contributed by atoms with Crippen molar-refractivity contribution in [2.45, 2.75) is 31.0 Å². The largest absolute Gasteiger partial charge is 0.466 e. The van der Waals surface area contributed by atoms with E-state index in [1.165, 1.54) is 12.1 Å². The molecule has 0 bridgehead atoms. The lowest BCUT2D eigenvalue weighted by Gasteiger charge is -2.50. The number of likely N-dealkylation sites (tertiary alicyclic amines) is 1. The van der Waals surface area contributed by atoms with Gasteiger partial charge in [-0.3, -0.25) is 0 Å². The molecular weight excluding hydrogens is 365 g/mol. The van der Waals surface area contributed by atoms with Crippen LogP contribution in [-0.2, 0) is 0 Å². The Morgan fingerprint density at radius 2 is 1.89 bits per heavy atom. The third-order valence-corrected chi connectivity index (χ3v) is 6.14. The van der Waals surface area contributed by atoms with Gasteiger partial charge in [0.05, 0.1) is 11.8 Å². The van der Waals surface area contributed by atoms with Crippen LogP contribution < -0.4 is 4.74 Å². The average Bonchev–Trinajstić information content (AvgIpc) is 3.12. The van der Waals surface area contributed by atoms with Crippen LogP contribution in [0.15, 0.2) is 47.6 Å². The summed E-state index contributed by atoms with van der Waals surface area (Å²) in [4.78, 5) is 2.32. The topological polar surface area (TPSA) is 28.1 Å². The maximum atomic E-state index is 13.3. The Balaban J connectivity index is 1.58. The van der Waals surface area contributed by atoms with Gasteiger partial charge in [-0.2, -0.15) is 5.10 Å². The Morgan fingerprint density at radius 1 is 1.15 bits per heavy atom. The molecule has 1 fully saturated rings. The van der Waals surface area contributed by atoms with Crippen LogP contribution in [0.3, 0.4) is 0 Å². The number of hydrazone groups is 1. The van der Waals surface area contributed by atoms with Crippen LogP contribution in [0, 0.1) is 5.82 Å². The molecule has 0 saturated carbocycles. The fourth-order valence-corrected chi connectivity index (χ4v) is 4.55. The molecule has 3 aliphatic heterocycles. The van der Waals surface area contributed by atoms with E-state index in [1.54, 1.807) is 12.1 Å². The third kappa shape index (κ3) is 2.80. The molecule has 6 heteroatoms. The summed E-state index contributed by atoms with van der Waals surface area (Å²) in [5.74, 6) is 0.670. The molecule has 3 aliphatic rings. The highest BCUT2D eigenvalue weighted by atomic mass is 35.5. The van der Waals surface area contributed by atoms with E-state index in [-0.39, 0.29) is 11.9 Å². The van der Waals surface area contributed by atoms with Gasteiger partial charge >= 0.3 is 0 Å². The maximum Gasteiger partial charge on any atom is 0.200 e. The zero-order valence-corrected chi connectivity index (χ0v) is 15.9. The van der Waals surface area contributed by atoms with Gasteiger partial charge in [-0.05, 0) is 42.9 Å². The number of halogens is 2. The molecule has 0 aliphatic carbocycles. The van der Waals surface area contributed by atoms with Crippen LogP contribution in [0.5, 0.6) is 5.75 Å². The van der Waals surface area contributed by atoms with Crippen LogP contribution >= 0.6 is 11.6 Å². The molecule has 1 atom stereocenters. The Morgan fingerprint density at radius 3 is 2.63 bits per heavy atom. The van der Waals surface area contributed by atoms with Gasteiger partial charge in [0.1, 0.15) is 11.6 Å². The lowest BCUT2D eigenvalue weighted by Crippen LogP contribution is -2.58. The second-order valence-electron chi connectivity index (χ2n) is 7.65. The average molecular weight is 386 g/mol. The van der Waals surface area contributed by atoms with Gasteiger partial charge in [0, 0.05) is 42.9 Å². The first-order chi connectivity index (χ1) is 13.0. The number of piperidine rings is 1. The number of hydrogen-bond donors (Lipinski definition) is 0. The van der Waals surface area contributed by atoms with Gasteiger partial charge in [-0.15, -0.1) is 0 Å². The first kappa shape index (κ1) is 17.0. The molecular formula is C21H21ClFN3O. The fraction of sp³-hybridized carbons (Fsp3) is 0.381. The second kappa shape index (κ2) is 6.21. The Labute approximate surface area is 163 Å². The number of nitrogens with zero attached hydrogens (tertiary/aromatic N) is 3. The van der Waals surface area contributed by atoms with Crippen LogP contribution in [-0.4, -0.2) is 41.5 Å². The molecule has 140 valence electrons. The highest BCUT2D eigenvalue weighted by molar-refractivity contribution is 6.30. The maximum absolute atomic E-state index is 13.3. The van der Waals surface area contributed by atoms with E-state index < -0.39 is 5.72 Å². The molecule has 2 aromatic carbocycles. The summed E-state index contributed by atoms with van der Waals surface area (Å²) in [7, 11) is 2.14. The number of fused-ring (bicyclic) bond motifs is 4. The lowest BCUT2D eigenvalue weighted by atomic mass is 9.91. The molecule has 2 aromatic rings. The zero-order valence-electron chi connectivity index (χ0n) is 15.2. The molecule has 0 radical (unpaired) electrons. The summed E-state index contributed by atoms with van der Waals surface area (Å²) in [5, 5.41) is 7.83. The Hall–Kier alpha value is -2.11. The van der Waals surface area contributed by atoms with Crippen molar-refractivity contribution in [2.24, 2.45) is 5.10 Å². The minimum Gasteiger partial charge on any atom is -0.466 e. The monoisotopic (exact) mass is 385 g/mol. The van der Waals surface area contributed by atoms with Crippen molar-refractivity contribution in [3.05, 3.63) is 64.4 Å². The van der Waals surface area contributed by atoms with Crippen molar-refractivity contribution >= 4 is 17.3 Å². The Kier molecular flexibility index (Phi) is 3.92. The number of benzene rings is 2. The minimum absolute atomic E-state index is 0.0934. The van der Waals surface area contributed by atoms with Crippen LogP contribution in [0.4, 0.5) is 4.39 Å². The van der Waals surface area contributed by atoms with Crippen LogP contribution in [0.2, 0.25) is 5.02 Å². The summed E-state index contributed by atoms with van der Waals surface area (Å²) >= 11 is 6.27. The van der Waals surface area contributed by atoms with E-state index in [0.29, 0.717) is 5.02 Å². The molecule has 1 saturated heterocycles. The number of ether oxygens (including phenoxy) is 1. The van der Waals surface area contributed by atoms with Crippen molar-refractivity contribution in [3.63, 3.8) is 0 Å². The smallest absolute Gasteiger partial charge is 0.200 e. The van der Waals surface area contributed by atoms with Crippen molar-refractivity contribution in [2.75, 3.05) is 20.1 Å². The van der Waals surface area contributed by atoms with Crippen LogP contribution in [0.1, 0.15) is 36.4 Å². The highest BCUT2D eigenvalue weighted by Gasteiger charge is 2.51. The number of hydrogen-bond acceptors (Lipinski definition) is 4. The SMILES string of the molecule is CN1CCC2(CC1)Oc1ccc(Cl)cc1[C@@H]1CC(c3ccc(F)cc3)=NN12. The first-order valence-corrected chi connectivity index (χ1v) is 9.72. The van der Waals surface area contributed by atoms with E-state index in [9.17, 15) is 4.39 Å². The van der Waals surface area contributed by atoms with E-state index >= 15 is 0 Å². The van der Waals surface area contributed by atoms with E-state index in [2.05, 4.69) is 17.0 Å². The summed E-state index contributed by atoms with van der Waals surface area (Å²) in [5.41, 5.74) is 2.57. The number of rotatable bonds is 1. The van der Waals surface area contributed by atoms with Crippen molar-refractivity contribution in [1.29, 1.82) is 0 Å². The minimum atomic E-state index is -0.431. The lowest BCUT2D eigenvalue weighted by molar-refractivity contribution is -0.147. The fourth-order valence-electron chi connectivity index (χ4n) is 4.37. The van der Waals surface area contributed by atoms with Crippen LogP contribution in [0.25, 0.3) is 0 Å². The van der Waals surface area contributed by atoms with Gasteiger partial charge < -0.3 is 9.64 Å². The molecule has 3 heterocycles. The van der Waals surface area contributed by atoms with Gasteiger partial charge in [0.15, 0.2) is 0 Å². The second-order valence-corrected chi connectivity index (χ2v) is 8.09. The van der Waals surface area contributed by atoms with Crippen molar-refractivity contribution in [1.82, 2.24) is 9.91 Å². The van der Waals surface area contributed by atoms with Gasteiger partial charge in [0.25, 0.3) is 0 Å². The van der Waals surface area contributed by atoms with Gasteiger partial charge in [-0.25, -0.2) is 9.40 Å². The first-order valence-electron chi connectivity index (χ1n) is 9.34. The highest BCUT2D eigenvalue weighted by Crippen LogP contribution is 2.50. The normalized spacial score (nSPS) is 23.6. The molecule has 1 spiro atoms. The predicted molar refractivity (Wildman–Crippen MR) is 104 cm³/mol. The summed E-state index contributed by atoms with van der Waals surface area (Å²) < 4.78 is 19.9. The quantitative estimate of drug-likeness (QED) is 0.726. The molecule has 27 heavy (non-hydrogen) atoms. The Bertz CT molecular complexity index is 906.